The molecule has 0 rings (SSSR count). The summed E-state index contributed by atoms with van der Waals surface area (Å²) in [5.41, 5.74) is 0. The van der Waals surface area contributed by atoms with Crippen molar-refractivity contribution in [2.45, 2.75) is 25.8 Å². The minimum atomic E-state index is -0.270. The summed E-state index contributed by atoms with van der Waals surface area (Å²) in [4.78, 5) is 0. The molecule has 1 N–H and O–H groups in total. The minimum absolute atomic E-state index is 0.117. The number of hydrogen-bond donors (Lipinski definition) is 1. The first-order chi connectivity index (χ1) is 4.85. The average molecular weight is 143 g/mol. The lowest BCUT2D eigenvalue weighted by molar-refractivity contribution is 0.450. The smallest absolute Gasteiger partial charge is 0.0906 e. The fourth-order valence-electron chi connectivity index (χ4n) is 0.664. The SMILES string of the molecule is C#CC(CC)NCCCF. The Hall–Kier alpha value is -0.550. The Kier molecular flexibility index (Phi) is 6.21. The molecule has 0 fully saturated rings. The largest absolute Gasteiger partial charge is 0.304 e. The molecule has 0 heterocycles. The maximum atomic E-state index is 11.6. The summed E-state index contributed by atoms with van der Waals surface area (Å²) in [6.45, 7) is 2.42. The van der Waals surface area contributed by atoms with Crippen LogP contribution in [0.1, 0.15) is 19.8 Å². The van der Waals surface area contributed by atoms with Crippen LogP contribution >= 0.6 is 0 Å². The third-order valence-electron chi connectivity index (χ3n) is 1.31. The Morgan fingerprint density at radius 2 is 2.40 bits per heavy atom. The molecular weight excluding hydrogens is 129 g/mol. The highest BCUT2D eigenvalue weighted by atomic mass is 19.1. The van der Waals surface area contributed by atoms with E-state index in [4.69, 9.17) is 6.42 Å². The maximum absolute atomic E-state index is 11.6. The Morgan fingerprint density at radius 3 is 2.80 bits per heavy atom. The Balaban J connectivity index is 3.20. The minimum Gasteiger partial charge on any atom is -0.304 e. The van der Waals surface area contributed by atoms with Crippen LogP contribution in [-0.2, 0) is 0 Å². The van der Waals surface area contributed by atoms with Gasteiger partial charge in [0, 0.05) is 0 Å². The van der Waals surface area contributed by atoms with Crippen molar-refractivity contribution < 1.29 is 4.39 Å². The summed E-state index contributed by atoms with van der Waals surface area (Å²) < 4.78 is 11.6. The van der Waals surface area contributed by atoms with E-state index in [1.54, 1.807) is 0 Å². The van der Waals surface area contributed by atoms with Gasteiger partial charge in [-0.2, -0.15) is 0 Å². The third-order valence-corrected chi connectivity index (χ3v) is 1.31. The molecule has 1 nitrogen and oxygen atoms in total. The van der Waals surface area contributed by atoms with E-state index in [2.05, 4.69) is 11.2 Å². The molecule has 0 radical (unpaired) electrons. The molecule has 0 spiro atoms. The van der Waals surface area contributed by atoms with Crippen LogP contribution in [-0.4, -0.2) is 19.3 Å². The quantitative estimate of drug-likeness (QED) is 0.452. The lowest BCUT2D eigenvalue weighted by atomic mass is 10.2. The zero-order valence-corrected chi connectivity index (χ0v) is 6.36. The fraction of sp³-hybridized carbons (Fsp3) is 0.750. The molecular formula is C8H14FN. The molecule has 0 aromatic heterocycles. The first-order valence-electron chi connectivity index (χ1n) is 3.60. The fourth-order valence-corrected chi connectivity index (χ4v) is 0.664. The molecule has 0 aliphatic heterocycles. The van der Waals surface area contributed by atoms with E-state index < -0.39 is 0 Å². The van der Waals surface area contributed by atoms with Crippen LogP contribution in [0.2, 0.25) is 0 Å². The normalized spacial score (nSPS) is 12.5. The van der Waals surface area contributed by atoms with Crippen LogP contribution in [0.3, 0.4) is 0 Å². The van der Waals surface area contributed by atoms with Crippen LogP contribution in [0.4, 0.5) is 4.39 Å². The van der Waals surface area contributed by atoms with Gasteiger partial charge in [-0.15, -0.1) is 6.42 Å². The van der Waals surface area contributed by atoms with Gasteiger partial charge in [-0.3, -0.25) is 4.39 Å². The third kappa shape index (κ3) is 4.34. The molecule has 0 saturated heterocycles. The van der Waals surface area contributed by atoms with Crippen LogP contribution in [0.5, 0.6) is 0 Å². The molecule has 0 bridgehead atoms. The summed E-state index contributed by atoms with van der Waals surface area (Å²) in [5, 5.41) is 3.04. The number of nitrogens with one attached hydrogen (secondary N) is 1. The molecule has 10 heavy (non-hydrogen) atoms. The number of hydrogen-bond acceptors (Lipinski definition) is 1. The summed E-state index contributed by atoms with van der Waals surface area (Å²) in [7, 11) is 0. The summed E-state index contributed by atoms with van der Waals surface area (Å²) in [5.74, 6) is 2.58. The van der Waals surface area contributed by atoms with Crippen molar-refractivity contribution in [3.63, 3.8) is 0 Å². The van der Waals surface area contributed by atoms with E-state index in [0.717, 1.165) is 6.42 Å². The van der Waals surface area contributed by atoms with Gasteiger partial charge in [0.1, 0.15) is 0 Å². The van der Waals surface area contributed by atoms with Gasteiger partial charge in [0.25, 0.3) is 0 Å². The summed E-state index contributed by atoms with van der Waals surface area (Å²) >= 11 is 0. The second-order valence-corrected chi connectivity index (χ2v) is 2.12. The average Bonchev–Trinajstić information content (AvgIpc) is 1.99. The highest BCUT2D eigenvalue weighted by Gasteiger charge is 1.97. The van der Waals surface area contributed by atoms with Gasteiger partial charge < -0.3 is 5.32 Å². The Labute approximate surface area is 62.0 Å². The van der Waals surface area contributed by atoms with Crippen molar-refractivity contribution in [2.75, 3.05) is 13.2 Å². The van der Waals surface area contributed by atoms with E-state index in [0.29, 0.717) is 13.0 Å². The first kappa shape index (κ1) is 9.45. The zero-order chi connectivity index (χ0) is 7.82. The standard InChI is InChI=1S/C8H14FN/c1-3-8(4-2)10-7-5-6-9/h1,8,10H,4-7H2,2H3. The summed E-state index contributed by atoms with van der Waals surface area (Å²) in [6, 6.07) is 0.117. The van der Waals surface area contributed by atoms with Gasteiger partial charge in [0.2, 0.25) is 0 Å². The van der Waals surface area contributed by atoms with Gasteiger partial charge in [-0.05, 0) is 19.4 Å². The molecule has 0 aliphatic rings. The molecule has 1 unspecified atom stereocenters. The van der Waals surface area contributed by atoms with Gasteiger partial charge in [-0.25, -0.2) is 0 Å². The monoisotopic (exact) mass is 143 g/mol. The van der Waals surface area contributed by atoms with Gasteiger partial charge in [0.15, 0.2) is 0 Å². The lowest BCUT2D eigenvalue weighted by Gasteiger charge is -2.08. The first-order valence-corrected chi connectivity index (χ1v) is 3.60. The molecule has 1 atom stereocenters. The maximum Gasteiger partial charge on any atom is 0.0906 e. The van der Waals surface area contributed by atoms with Gasteiger partial charge in [-0.1, -0.05) is 12.8 Å². The van der Waals surface area contributed by atoms with E-state index >= 15 is 0 Å². The molecule has 0 aromatic rings. The highest BCUT2D eigenvalue weighted by molar-refractivity contribution is 4.97. The lowest BCUT2D eigenvalue weighted by Crippen LogP contribution is -2.27. The molecule has 0 saturated carbocycles. The van der Waals surface area contributed by atoms with Crippen molar-refractivity contribution in [3.8, 4) is 12.3 Å². The number of halogens is 1. The predicted octanol–water partition coefficient (Wildman–Crippen LogP) is 1.35. The van der Waals surface area contributed by atoms with Gasteiger partial charge >= 0.3 is 0 Å². The predicted molar refractivity (Wildman–Crippen MR) is 41.5 cm³/mol. The van der Waals surface area contributed by atoms with E-state index in [-0.39, 0.29) is 12.7 Å². The zero-order valence-electron chi connectivity index (χ0n) is 6.36. The Morgan fingerprint density at radius 1 is 1.70 bits per heavy atom. The van der Waals surface area contributed by atoms with Crippen LogP contribution < -0.4 is 5.32 Å². The molecule has 2 heteroatoms. The second kappa shape index (κ2) is 6.57. The number of terminal acetylenes is 1. The molecule has 0 aliphatic carbocycles. The van der Waals surface area contributed by atoms with Crippen LogP contribution in [0, 0.1) is 12.3 Å². The van der Waals surface area contributed by atoms with Crippen LogP contribution in [0.15, 0.2) is 0 Å². The highest BCUT2D eigenvalue weighted by Crippen LogP contribution is 1.87. The van der Waals surface area contributed by atoms with Crippen molar-refractivity contribution in [2.24, 2.45) is 0 Å². The van der Waals surface area contributed by atoms with Crippen molar-refractivity contribution in [3.05, 3.63) is 0 Å². The second-order valence-electron chi connectivity index (χ2n) is 2.12. The Bertz CT molecular complexity index is 106. The van der Waals surface area contributed by atoms with E-state index in [1.165, 1.54) is 0 Å². The molecule has 0 aromatic carbocycles. The van der Waals surface area contributed by atoms with Gasteiger partial charge in [0.05, 0.1) is 12.7 Å². The van der Waals surface area contributed by atoms with Crippen molar-refractivity contribution >= 4 is 0 Å². The number of alkyl halides is 1. The van der Waals surface area contributed by atoms with E-state index in [1.807, 2.05) is 6.92 Å². The number of rotatable bonds is 5. The molecule has 0 amide bonds. The molecule has 58 valence electrons. The van der Waals surface area contributed by atoms with Crippen molar-refractivity contribution in [1.29, 1.82) is 0 Å². The van der Waals surface area contributed by atoms with E-state index in [9.17, 15) is 4.39 Å². The van der Waals surface area contributed by atoms with Crippen LogP contribution in [0.25, 0.3) is 0 Å². The van der Waals surface area contributed by atoms with Crippen molar-refractivity contribution in [1.82, 2.24) is 5.32 Å². The topological polar surface area (TPSA) is 12.0 Å². The summed E-state index contributed by atoms with van der Waals surface area (Å²) in [6.07, 6.45) is 6.62.